The molecule has 0 unspecified atom stereocenters. The van der Waals surface area contributed by atoms with Crippen molar-refractivity contribution in [2.45, 2.75) is 13.3 Å². The smallest absolute Gasteiger partial charge is 0.151 e. The fourth-order valence-electron chi connectivity index (χ4n) is 1.59. The molecule has 0 aliphatic carbocycles. The molecule has 0 saturated carbocycles. The van der Waals surface area contributed by atoms with Gasteiger partial charge in [0.15, 0.2) is 5.82 Å². The van der Waals surface area contributed by atoms with Gasteiger partial charge in [-0.2, -0.15) is 0 Å². The summed E-state index contributed by atoms with van der Waals surface area (Å²) in [6.07, 6.45) is 1.00. The van der Waals surface area contributed by atoms with Crippen molar-refractivity contribution in [3.8, 4) is 0 Å². The van der Waals surface area contributed by atoms with Crippen LogP contribution in [0.1, 0.15) is 13.3 Å². The molecule has 6 heteroatoms. The summed E-state index contributed by atoms with van der Waals surface area (Å²) in [4.78, 5) is 4.44. The van der Waals surface area contributed by atoms with Crippen LogP contribution in [0.2, 0.25) is 10.0 Å². The zero-order valence-corrected chi connectivity index (χ0v) is 14.6. The van der Waals surface area contributed by atoms with Crippen molar-refractivity contribution in [3.05, 3.63) is 43.9 Å². The molecule has 0 aliphatic rings. The summed E-state index contributed by atoms with van der Waals surface area (Å²) in [6.45, 7) is 2.90. The molecule has 2 aromatic rings. The maximum absolute atomic E-state index is 6.18. The minimum absolute atomic E-state index is 0.496. The first-order valence-corrected chi connectivity index (χ1v) is 8.06. The molecular formula is C14H14Cl2IN3. The first kappa shape index (κ1) is 15.7. The maximum Gasteiger partial charge on any atom is 0.151 e. The lowest BCUT2D eigenvalue weighted by molar-refractivity contribution is 0.970. The topological polar surface area (TPSA) is 37.0 Å². The number of aromatic nitrogens is 1. The molecule has 0 amide bonds. The summed E-state index contributed by atoms with van der Waals surface area (Å²) in [5.74, 6) is 1.24. The van der Waals surface area contributed by atoms with E-state index in [1.807, 2.05) is 24.3 Å². The highest BCUT2D eigenvalue weighted by Gasteiger charge is 2.09. The van der Waals surface area contributed by atoms with Gasteiger partial charge in [0.05, 0.1) is 10.0 Å². The molecule has 2 N–H and O–H groups in total. The Hall–Kier alpha value is -0.720. The SMILES string of the molecule is CCCNc1nc(Nc2ccc(I)cc2)c(Cl)cc1Cl. The highest BCUT2D eigenvalue weighted by Crippen LogP contribution is 2.31. The minimum Gasteiger partial charge on any atom is -0.369 e. The Labute approximate surface area is 142 Å². The lowest BCUT2D eigenvalue weighted by Gasteiger charge is -2.12. The van der Waals surface area contributed by atoms with Crippen LogP contribution in [0.5, 0.6) is 0 Å². The number of anilines is 3. The zero-order chi connectivity index (χ0) is 14.5. The van der Waals surface area contributed by atoms with Crippen LogP contribution in [0.25, 0.3) is 0 Å². The molecule has 0 radical (unpaired) electrons. The van der Waals surface area contributed by atoms with Crippen molar-refractivity contribution in [2.24, 2.45) is 0 Å². The lowest BCUT2D eigenvalue weighted by Crippen LogP contribution is -2.04. The maximum atomic E-state index is 6.18. The Morgan fingerprint density at radius 1 is 1.10 bits per heavy atom. The molecule has 1 heterocycles. The number of halogens is 3. The highest BCUT2D eigenvalue weighted by molar-refractivity contribution is 14.1. The third-order valence-corrected chi connectivity index (χ3v) is 3.87. The van der Waals surface area contributed by atoms with Crippen LogP contribution in [-0.2, 0) is 0 Å². The van der Waals surface area contributed by atoms with Gasteiger partial charge in [0.2, 0.25) is 0 Å². The first-order valence-electron chi connectivity index (χ1n) is 6.22. The van der Waals surface area contributed by atoms with Gasteiger partial charge in [0.25, 0.3) is 0 Å². The van der Waals surface area contributed by atoms with Gasteiger partial charge in [0, 0.05) is 15.8 Å². The van der Waals surface area contributed by atoms with Crippen LogP contribution in [-0.4, -0.2) is 11.5 Å². The van der Waals surface area contributed by atoms with E-state index in [-0.39, 0.29) is 0 Å². The fraction of sp³-hybridized carbons (Fsp3) is 0.214. The van der Waals surface area contributed by atoms with Crippen LogP contribution >= 0.6 is 45.8 Å². The minimum atomic E-state index is 0.496. The fourth-order valence-corrected chi connectivity index (χ4v) is 2.42. The second-order valence-electron chi connectivity index (χ2n) is 4.21. The molecule has 20 heavy (non-hydrogen) atoms. The average Bonchev–Trinajstić information content (AvgIpc) is 2.43. The zero-order valence-electron chi connectivity index (χ0n) is 10.9. The van der Waals surface area contributed by atoms with Crippen LogP contribution < -0.4 is 10.6 Å². The van der Waals surface area contributed by atoms with E-state index in [9.17, 15) is 0 Å². The van der Waals surface area contributed by atoms with E-state index in [1.54, 1.807) is 6.07 Å². The second-order valence-corrected chi connectivity index (χ2v) is 6.27. The normalized spacial score (nSPS) is 10.4. The molecule has 0 fully saturated rings. The van der Waals surface area contributed by atoms with E-state index >= 15 is 0 Å². The van der Waals surface area contributed by atoms with Crippen molar-refractivity contribution in [2.75, 3.05) is 17.2 Å². The third-order valence-electron chi connectivity index (χ3n) is 2.58. The van der Waals surface area contributed by atoms with Crippen LogP contribution in [0, 0.1) is 3.57 Å². The molecule has 3 nitrogen and oxygen atoms in total. The summed E-state index contributed by atoms with van der Waals surface area (Å²) in [6, 6.07) is 9.69. The van der Waals surface area contributed by atoms with Crippen molar-refractivity contribution in [1.82, 2.24) is 4.98 Å². The predicted molar refractivity (Wildman–Crippen MR) is 95.5 cm³/mol. The number of hydrogen-bond donors (Lipinski definition) is 2. The Balaban J connectivity index is 2.24. The predicted octanol–water partition coefficient (Wildman–Crippen LogP) is 5.56. The number of rotatable bonds is 5. The quantitative estimate of drug-likeness (QED) is 0.620. The molecule has 106 valence electrons. The van der Waals surface area contributed by atoms with Gasteiger partial charge in [-0.25, -0.2) is 4.98 Å². The summed E-state index contributed by atoms with van der Waals surface area (Å²) < 4.78 is 1.17. The van der Waals surface area contributed by atoms with Gasteiger partial charge >= 0.3 is 0 Å². The molecule has 0 spiro atoms. The van der Waals surface area contributed by atoms with E-state index in [0.717, 1.165) is 18.7 Å². The number of nitrogens with one attached hydrogen (secondary N) is 2. The van der Waals surface area contributed by atoms with Crippen molar-refractivity contribution < 1.29 is 0 Å². The van der Waals surface area contributed by atoms with Gasteiger partial charge in [-0.15, -0.1) is 0 Å². The Kier molecular flexibility index (Phi) is 5.74. The molecule has 1 aromatic carbocycles. The monoisotopic (exact) mass is 421 g/mol. The van der Waals surface area contributed by atoms with Crippen molar-refractivity contribution in [3.63, 3.8) is 0 Å². The number of hydrogen-bond acceptors (Lipinski definition) is 3. The van der Waals surface area contributed by atoms with E-state index < -0.39 is 0 Å². The highest BCUT2D eigenvalue weighted by atomic mass is 127. The van der Waals surface area contributed by atoms with Gasteiger partial charge in [-0.3, -0.25) is 0 Å². The molecule has 0 atom stereocenters. The standard InChI is InChI=1S/C14H14Cl2IN3/c1-2-7-18-13-11(15)8-12(16)14(20-13)19-10-5-3-9(17)4-6-10/h3-6,8H,2,7H2,1H3,(H2,18,19,20). The number of benzene rings is 1. The summed E-state index contributed by atoms with van der Waals surface area (Å²) in [5.41, 5.74) is 0.934. The van der Waals surface area contributed by atoms with Gasteiger partial charge in [-0.1, -0.05) is 30.1 Å². The molecule has 0 aliphatic heterocycles. The number of nitrogens with zero attached hydrogens (tertiary/aromatic N) is 1. The van der Waals surface area contributed by atoms with Crippen LogP contribution in [0.15, 0.2) is 30.3 Å². The van der Waals surface area contributed by atoms with Crippen LogP contribution in [0.3, 0.4) is 0 Å². The lowest BCUT2D eigenvalue weighted by atomic mass is 10.3. The Morgan fingerprint density at radius 2 is 1.75 bits per heavy atom. The van der Waals surface area contributed by atoms with Crippen molar-refractivity contribution in [1.29, 1.82) is 0 Å². The molecular weight excluding hydrogens is 408 g/mol. The van der Waals surface area contributed by atoms with Crippen molar-refractivity contribution >= 4 is 63.1 Å². The molecule has 1 aromatic heterocycles. The molecule has 2 rings (SSSR count). The summed E-state index contributed by atoms with van der Waals surface area (Å²) >= 11 is 14.6. The Bertz CT molecular complexity index is 588. The largest absolute Gasteiger partial charge is 0.369 e. The van der Waals surface area contributed by atoms with E-state index in [0.29, 0.717) is 21.7 Å². The third kappa shape index (κ3) is 4.14. The summed E-state index contributed by atoms with van der Waals surface area (Å²) in [7, 11) is 0. The van der Waals surface area contributed by atoms with Crippen LogP contribution in [0.4, 0.5) is 17.3 Å². The summed E-state index contributed by atoms with van der Waals surface area (Å²) in [5, 5.41) is 7.40. The van der Waals surface area contributed by atoms with E-state index in [4.69, 9.17) is 23.2 Å². The van der Waals surface area contributed by atoms with E-state index in [2.05, 4.69) is 45.1 Å². The average molecular weight is 422 g/mol. The number of pyridine rings is 1. The first-order chi connectivity index (χ1) is 9.60. The van der Waals surface area contributed by atoms with Gasteiger partial charge in [-0.05, 0) is 59.3 Å². The Morgan fingerprint density at radius 3 is 2.40 bits per heavy atom. The van der Waals surface area contributed by atoms with Gasteiger partial charge < -0.3 is 10.6 Å². The van der Waals surface area contributed by atoms with Gasteiger partial charge in [0.1, 0.15) is 5.82 Å². The second kappa shape index (κ2) is 7.33. The van der Waals surface area contributed by atoms with E-state index in [1.165, 1.54) is 3.57 Å². The molecule has 0 saturated heterocycles. The molecule has 0 bridgehead atoms.